The fourth-order valence-corrected chi connectivity index (χ4v) is 9.69. The van der Waals surface area contributed by atoms with Crippen molar-refractivity contribution < 1.29 is 0 Å². The van der Waals surface area contributed by atoms with Gasteiger partial charge >= 0.3 is 0 Å². The number of rotatable bonds is 53. The summed E-state index contributed by atoms with van der Waals surface area (Å²) in [5, 5.41) is 0. The van der Waals surface area contributed by atoms with Crippen LogP contribution in [-0.2, 0) is 0 Å². The second kappa shape index (κ2) is 61.0. The molecule has 0 radical (unpaired) electrons. The van der Waals surface area contributed by atoms with E-state index in [1.807, 2.05) is 0 Å². The van der Waals surface area contributed by atoms with Gasteiger partial charge in [0.2, 0.25) is 0 Å². The van der Waals surface area contributed by atoms with Gasteiger partial charge in [0.1, 0.15) is 0 Å². The number of hydrogen-bond acceptors (Lipinski definition) is 2. The molecule has 0 aliphatic carbocycles. The lowest BCUT2D eigenvalue weighted by atomic mass is 9.91. The molecule has 0 N–H and O–H groups in total. The molecule has 2 nitrogen and oxygen atoms in total. The zero-order chi connectivity index (χ0) is 49.2. The van der Waals surface area contributed by atoms with Crippen molar-refractivity contribution >= 4 is 0 Å². The molecule has 0 rings (SSSR count). The molecule has 0 bridgehead atoms. The van der Waals surface area contributed by atoms with Crippen LogP contribution in [-0.4, -0.2) is 51.1 Å². The summed E-state index contributed by atoms with van der Waals surface area (Å²) in [6, 6.07) is 0. The Morgan fingerprint density at radius 2 is 0.507 bits per heavy atom. The molecule has 2 atom stereocenters. The van der Waals surface area contributed by atoms with E-state index in [-0.39, 0.29) is 0 Å². The Morgan fingerprint density at radius 3 is 0.806 bits per heavy atom. The van der Waals surface area contributed by atoms with Crippen LogP contribution >= 0.6 is 0 Å². The molecule has 0 aromatic rings. The molecule has 0 fully saturated rings. The molecule has 2 heteroatoms. The fraction of sp³-hybridized carbons (Fsp3) is 0.877. The summed E-state index contributed by atoms with van der Waals surface area (Å²) in [5.74, 6) is 1.89. The molecular formula is C65H128N2. The van der Waals surface area contributed by atoms with E-state index in [0.717, 1.165) is 24.7 Å². The number of nitrogens with zero attached hydrogens (tertiary/aromatic N) is 2. The number of unbranched alkanes of at least 4 members (excludes halogenated alkanes) is 32. The first-order valence-electron chi connectivity index (χ1n) is 30.8. The Morgan fingerprint density at radius 1 is 0.254 bits per heavy atom. The first kappa shape index (κ1) is 68.0. The smallest absolute Gasteiger partial charge is 0.000356 e. The van der Waals surface area contributed by atoms with Crippen LogP contribution in [0, 0.1) is 11.8 Å². The molecule has 0 saturated carbocycles. The number of hydrogen-bond donors (Lipinski definition) is 0. The van der Waals surface area contributed by atoms with Crippen molar-refractivity contribution in [2.45, 2.75) is 317 Å². The monoisotopic (exact) mass is 937 g/mol. The first-order valence-corrected chi connectivity index (χ1v) is 30.8. The van der Waals surface area contributed by atoms with Gasteiger partial charge in [0.15, 0.2) is 0 Å². The van der Waals surface area contributed by atoms with Gasteiger partial charge in [0.25, 0.3) is 0 Å². The molecule has 0 saturated heterocycles. The molecule has 0 heterocycles. The van der Waals surface area contributed by atoms with E-state index >= 15 is 0 Å². The first-order chi connectivity index (χ1) is 32.9. The molecule has 0 aliphatic rings. The van der Waals surface area contributed by atoms with Gasteiger partial charge < -0.3 is 9.80 Å². The van der Waals surface area contributed by atoms with Gasteiger partial charge in [-0.25, -0.2) is 0 Å². The Balaban J connectivity index is 0. The molecular weight excluding hydrogens is 809 g/mol. The lowest BCUT2D eigenvalue weighted by molar-refractivity contribution is 0.286. The zero-order valence-corrected chi connectivity index (χ0v) is 47.9. The highest BCUT2D eigenvalue weighted by Gasteiger charge is 2.11. The topological polar surface area (TPSA) is 6.48 Å². The van der Waals surface area contributed by atoms with Crippen LogP contribution in [0.5, 0.6) is 0 Å². The molecule has 0 aromatic heterocycles. The summed E-state index contributed by atoms with van der Waals surface area (Å²) < 4.78 is 0. The Bertz CT molecular complexity index is 989. The van der Waals surface area contributed by atoms with Crippen LogP contribution in [0.25, 0.3) is 0 Å². The average molecular weight is 938 g/mol. The van der Waals surface area contributed by atoms with Crippen molar-refractivity contribution in [3.8, 4) is 0 Å². The van der Waals surface area contributed by atoms with Crippen molar-refractivity contribution in [2.24, 2.45) is 11.8 Å². The quantitative estimate of drug-likeness (QED) is 0.0443. The zero-order valence-electron chi connectivity index (χ0n) is 47.9. The SMILES string of the molecule is CCCCC/C=C\C/C=C\CCCCCCCCCC(CCCCCCCCC)CCN(C)C.CCCCC/C=C\C/C=C\CCCCCCCCCC(CCCCCCCCC)CN(C)C. The van der Waals surface area contributed by atoms with Crippen LogP contribution < -0.4 is 0 Å². The van der Waals surface area contributed by atoms with Crippen LogP contribution in [0.15, 0.2) is 48.6 Å². The van der Waals surface area contributed by atoms with E-state index in [4.69, 9.17) is 0 Å². The lowest BCUT2D eigenvalue weighted by Gasteiger charge is -2.21. The molecule has 0 amide bonds. The molecule has 0 spiro atoms. The van der Waals surface area contributed by atoms with Gasteiger partial charge in [-0.05, 0) is 130 Å². The van der Waals surface area contributed by atoms with Gasteiger partial charge in [-0.3, -0.25) is 0 Å². The summed E-state index contributed by atoms with van der Waals surface area (Å²) in [5.41, 5.74) is 0. The highest BCUT2D eigenvalue weighted by atomic mass is 15.1. The minimum Gasteiger partial charge on any atom is -0.309 e. The third-order valence-electron chi connectivity index (χ3n) is 14.2. The Kier molecular flexibility index (Phi) is 61.9. The Hall–Kier alpha value is -1.12. The lowest BCUT2D eigenvalue weighted by Crippen LogP contribution is -2.21. The molecule has 2 unspecified atom stereocenters. The normalized spacial score (nSPS) is 13.1. The summed E-state index contributed by atoms with van der Waals surface area (Å²) in [4.78, 5) is 4.78. The van der Waals surface area contributed by atoms with Crippen LogP contribution in [0.3, 0.4) is 0 Å². The predicted octanol–water partition coefficient (Wildman–Crippen LogP) is 22.2. The minimum absolute atomic E-state index is 0.925. The largest absolute Gasteiger partial charge is 0.309 e. The van der Waals surface area contributed by atoms with Gasteiger partial charge in [-0.2, -0.15) is 0 Å². The van der Waals surface area contributed by atoms with E-state index in [1.165, 1.54) is 289 Å². The van der Waals surface area contributed by atoms with Crippen molar-refractivity contribution in [2.75, 3.05) is 41.3 Å². The molecule has 0 aromatic carbocycles. The fourth-order valence-electron chi connectivity index (χ4n) is 9.69. The maximum absolute atomic E-state index is 2.41. The molecule has 0 aliphatic heterocycles. The second-order valence-electron chi connectivity index (χ2n) is 21.9. The second-order valence-corrected chi connectivity index (χ2v) is 21.9. The minimum atomic E-state index is 0.925. The highest BCUT2D eigenvalue weighted by Crippen LogP contribution is 2.23. The van der Waals surface area contributed by atoms with Gasteiger partial charge in [-0.1, -0.05) is 282 Å². The maximum atomic E-state index is 2.41. The molecule has 67 heavy (non-hydrogen) atoms. The van der Waals surface area contributed by atoms with E-state index in [9.17, 15) is 0 Å². The number of allylic oxidation sites excluding steroid dienone is 8. The maximum Gasteiger partial charge on any atom is 0.000356 e. The van der Waals surface area contributed by atoms with Crippen molar-refractivity contribution in [3.63, 3.8) is 0 Å². The van der Waals surface area contributed by atoms with Gasteiger partial charge in [0.05, 0.1) is 0 Å². The summed E-state index contributed by atoms with van der Waals surface area (Å²) >= 11 is 0. The Labute approximate surface area is 426 Å². The predicted molar refractivity (Wildman–Crippen MR) is 311 cm³/mol. The third kappa shape index (κ3) is 62.9. The molecule has 398 valence electrons. The van der Waals surface area contributed by atoms with Gasteiger partial charge in [0, 0.05) is 6.54 Å². The van der Waals surface area contributed by atoms with E-state index < -0.39 is 0 Å². The van der Waals surface area contributed by atoms with E-state index in [0.29, 0.717) is 0 Å². The standard InChI is InChI=1S/C33H65N.C32H63N/c1-5-7-9-11-13-14-15-16-17-18-19-20-21-22-24-26-28-30-33(31-32-34(3)4)29-27-25-23-12-10-8-6-2;1-5-7-9-11-13-14-15-16-17-18-19-20-21-22-24-26-28-30-32(31-33(3)4)29-27-25-23-12-10-8-6-2/h13-14,16-17,33H,5-12,15,18-32H2,1-4H3;13-14,16-17,32H,5-12,15,18-31H2,1-4H3/b2*14-13-,17-16-. The van der Waals surface area contributed by atoms with Crippen molar-refractivity contribution in [3.05, 3.63) is 48.6 Å². The summed E-state index contributed by atoms with van der Waals surface area (Å²) in [6.45, 7) is 11.7. The average Bonchev–Trinajstić information content (AvgIpc) is 3.31. The van der Waals surface area contributed by atoms with Crippen LogP contribution in [0.4, 0.5) is 0 Å². The van der Waals surface area contributed by atoms with Crippen molar-refractivity contribution in [1.82, 2.24) is 9.80 Å². The third-order valence-corrected chi connectivity index (χ3v) is 14.2. The highest BCUT2D eigenvalue weighted by molar-refractivity contribution is 4.93. The van der Waals surface area contributed by atoms with Crippen LogP contribution in [0.2, 0.25) is 0 Å². The van der Waals surface area contributed by atoms with Gasteiger partial charge in [-0.15, -0.1) is 0 Å². The van der Waals surface area contributed by atoms with E-state index in [2.05, 4.69) is 114 Å². The summed E-state index contributed by atoms with van der Waals surface area (Å²) in [7, 11) is 8.96. The summed E-state index contributed by atoms with van der Waals surface area (Å²) in [6.07, 6.45) is 81.8. The van der Waals surface area contributed by atoms with Crippen molar-refractivity contribution in [1.29, 1.82) is 0 Å². The van der Waals surface area contributed by atoms with E-state index in [1.54, 1.807) is 0 Å². The van der Waals surface area contributed by atoms with Crippen LogP contribution in [0.1, 0.15) is 317 Å².